The van der Waals surface area contributed by atoms with Crippen molar-refractivity contribution in [3.05, 3.63) is 58.8 Å². The Kier molecular flexibility index (Phi) is 5.99. The number of carbonyl (C=O) groups is 2. The Hall–Kier alpha value is -3.28. The molecule has 2 aromatic rings. The minimum atomic E-state index is -0.503. The van der Waals surface area contributed by atoms with Crippen LogP contribution in [0, 0.1) is 0 Å². The fraction of sp³-hybridized carbons (Fsp3) is 0.273. The molecule has 0 fully saturated rings. The van der Waals surface area contributed by atoms with Crippen LogP contribution in [-0.2, 0) is 4.74 Å². The second-order valence-corrected chi connectivity index (χ2v) is 6.13. The lowest BCUT2D eigenvalue weighted by atomic mass is 10.1. The lowest BCUT2D eigenvalue weighted by Crippen LogP contribution is -2.03. The number of benzene rings is 2. The first-order valence-electron chi connectivity index (χ1n) is 9.13. The van der Waals surface area contributed by atoms with Crippen LogP contribution in [-0.4, -0.2) is 32.1 Å². The molecule has 0 radical (unpaired) electrons. The summed E-state index contributed by atoms with van der Waals surface area (Å²) in [5.41, 5.74) is 1.38. The van der Waals surface area contributed by atoms with Crippen molar-refractivity contribution in [1.82, 2.24) is 0 Å². The van der Waals surface area contributed by atoms with E-state index in [4.69, 9.17) is 18.9 Å². The van der Waals surface area contributed by atoms with Gasteiger partial charge in [-0.1, -0.05) is 13.0 Å². The molecular weight excluding hydrogens is 360 g/mol. The van der Waals surface area contributed by atoms with Gasteiger partial charge in [-0.25, -0.2) is 4.79 Å². The van der Waals surface area contributed by atoms with E-state index in [9.17, 15) is 9.59 Å². The molecule has 1 aliphatic rings. The monoisotopic (exact) mass is 382 g/mol. The van der Waals surface area contributed by atoms with Crippen molar-refractivity contribution in [2.75, 3.05) is 20.3 Å². The third-order valence-corrected chi connectivity index (χ3v) is 4.12. The average Bonchev–Trinajstić information content (AvgIpc) is 3.02. The molecule has 0 saturated carbocycles. The summed E-state index contributed by atoms with van der Waals surface area (Å²) in [4.78, 5) is 24.4. The molecule has 0 atom stereocenters. The smallest absolute Gasteiger partial charge is 0.337 e. The van der Waals surface area contributed by atoms with E-state index in [0.717, 1.165) is 12.0 Å². The lowest BCUT2D eigenvalue weighted by molar-refractivity contribution is 0.0600. The van der Waals surface area contributed by atoms with Gasteiger partial charge in [0.05, 0.1) is 31.5 Å². The summed E-state index contributed by atoms with van der Waals surface area (Å²) < 4.78 is 21.7. The molecule has 146 valence electrons. The van der Waals surface area contributed by atoms with Gasteiger partial charge in [0.15, 0.2) is 17.3 Å². The molecule has 0 unspecified atom stereocenters. The maximum absolute atomic E-state index is 12.7. The maximum Gasteiger partial charge on any atom is 0.337 e. The minimum absolute atomic E-state index is 0.182. The van der Waals surface area contributed by atoms with Gasteiger partial charge in [-0.05, 0) is 55.3 Å². The highest BCUT2D eigenvalue weighted by atomic mass is 16.5. The van der Waals surface area contributed by atoms with Gasteiger partial charge < -0.3 is 18.9 Å². The first-order chi connectivity index (χ1) is 13.6. The zero-order valence-corrected chi connectivity index (χ0v) is 16.1. The van der Waals surface area contributed by atoms with Crippen LogP contribution in [0.5, 0.6) is 17.2 Å². The molecule has 0 aliphatic carbocycles. The number of esters is 1. The van der Waals surface area contributed by atoms with Crippen molar-refractivity contribution in [1.29, 1.82) is 0 Å². The van der Waals surface area contributed by atoms with Crippen LogP contribution in [0.4, 0.5) is 0 Å². The molecule has 1 heterocycles. The fourth-order valence-electron chi connectivity index (χ4n) is 2.80. The second-order valence-electron chi connectivity index (χ2n) is 6.13. The first-order valence-corrected chi connectivity index (χ1v) is 9.13. The van der Waals surface area contributed by atoms with E-state index in [0.29, 0.717) is 41.6 Å². The van der Waals surface area contributed by atoms with E-state index in [2.05, 4.69) is 0 Å². The molecule has 3 rings (SSSR count). The molecule has 2 aromatic carbocycles. The van der Waals surface area contributed by atoms with Crippen molar-refractivity contribution >= 4 is 17.8 Å². The third-order valence-electron chi connectivity index (χ3n) is 4.12. The van der Waals surface area contributed by atoms with Crippen LogP contribution in [0.3, 0.4) is 0 Å². The number of hydrogen-bond acceptors (Lipinski definition) is 6. The molecule has 0 saturated heterocycles. The van der Waals surface area contributed by atoms with Crippen LogP contribution in [0.1, 0.15) is 46.5 Å². The molecule has 28 heavy (non-hydrogen) atoms. The number of methoxy groups -OCH3 is 1. The largest absolute Gasteiger partial charge is 0.490 e. The highest BCUT2D eigenvalue weighted by molar-refractivity contribution is 6.15. The minimum Gasteiger partial charge on any atom is -0.490 e. The average molecular weight is 382 g/mol. The Labute approximate surface area is 163 Å². The van der Waals surface area contributed by atoms with E-state index in [1.165, 1.54) is 13.2 Å². The summed E-state index contributed by atoms with van der Waals surface area (Å²) in [6.45, 7) is 5.03. The summed E-state index contributed by atoms with van der Waals surface area (Å²) in [6, 6.07) is 10.1. The number of rotatable bonds is 7. The quantitative estimate of drug-likeness (QED) is 0.526. The zero-order chi connectivity index (χ0) is 20.1. The maximum atomic E-state index is 12.7. The van der Waals surface area contributed by atoms with E-state index in [1.54, 1.807) is 24.3 Å². The number of Topliss-reactive ketones (excluding diaryl/α,β-unsaturated/α-hetero) is 1. The fourth-order valence-corrected chi connectivity index (χ4v) is 2.80. The first kappa shape index (κ1) is 19.5. The number of fused-ring (bicyclic) bond motifs is 1. The summed E-state index contributed by atoms with van der Waals surface area (Å²) >= 11 is 0. The Balaban J connectivity index is 1.88. The van der Waals surface area contributed by atoms with Crippen molar-refractivity contribution in [3.8, 4) is 17.2 Å². The highest BCUT2D eigenvalue weighted by Gasteiger charge is 2.28. The van der Waals surface area contributed by atoms with Gasteiger partial charge in [-0.2, -0.15) is 0 Å². The molecule has 0 aromatic heterocycles. The zero-order valence-electron chi connectivity index (χ0n) is 16.1. The standard InChI is InChI=1S/C22H22O6/c1-4-10-27-18-8-6-14(11-19(18)26-5-2)12-20-21(23)16-13-15(22(24)25-3)7-9-17(16)28-20/h6-9,11-13H,4-5,10H2,1-3H3. The topological polar surface area (TPSA) is 71.1 Å². The van der Waals surface area contributed by atoms with Crippen LogP contribution in [0.25, 0.3) is 6.08 Å². The Morgan fingerprint density at radius 3 is 2.61 bits per heavy atom. The van der Waals surface area contributed by atoms with E-state index >= 15 is 0 Å². The van der Waals surface area contributed by atoms with E-state index in [-0.39, 0.29) is 11.5 Å². The van der Waals surface area contributed by atoms with Crippen molar-refractivity contribution in [2.45, 2.75) is 20.3 Å². The summed E-state index contributed by atoms with van der Waals surface area (Å²) in [5.74, 6) is 1.08. The van der Waals surface area contributed by atoms with Gasteiger partial charge in [0, 0.05) is 0 Å². The van der Waals surface area contributed by atoms with Gasteiger partial charge in [-0.15, -0.1) is 0 Å². The predicted molar refractivity (Wildman–Crippen MR) is 104 cm³/mol. The van der Waals surface area contributed by atoms with Gasteiger partial charge >= 0.3 is 5.97 Å². The number of hydrogen-bond donors (Lipinski definition) is 0. The number of allylic oxidation sites excluding steroid dienone is 1. The Morgan fingerprint density at radius 1 is 1.07 bits per heavy atom. The molecule has 0 spiro atoms. The van der Waals surface area contributed by atoms with Crippen molar-refractivity contribution < 1.29 is 28.5 Å². The van der Waals surface area contributed by atoms with E-state index in [1.807, 2.05) is 26.0 Å². The van der Waals surface area contributed by atoms with Crippen molar-refractivity contribution in [3.63, 3.8) is 0 Å². The predicted octanol–water partition coefficient (Wildman–Crippen LogP) is 4.28. The van der Waals surface area contributed by atoms with Gasteiger partial charge in [0.1, 0.15) is 5.75 Å². The molecule has 0 N–H and O–H groups in total. The number of carbonyl (C=O) groups excluding carboxylic acids is 2. The van der Waals surface area contributed by atoms with Crippen LogP contribution in [0.2, 0.25) is 0 Å². The molecular formula is C22H22O6. The summed E-state index contributed by atoms with van der Waals surface area (Å²) in [5, 5.41) is 0. The molecule has 0 amide bonds. The van der Waals surface area contributed by atoms with E-state index < -0.39 is 5.97 Å². The second kappa shape index (κ2) is 8.61. The SMILES string of the molecule is CCCOc1ccc(C=C2Oc3ccc(C(=O)OC)cc3C2=O)cc1OCC. The molecule has 0 bridgehead atoms. The summed E-state index contributed by atoms with van der Waals surface area (Å²) in [7, 11) is 1.29. The number of ether oxygens (including phenoxy) is 4. The van der Waals surface area contributed by atoms with Gasteiger partial charge in [0.2, 0.25) is 5.78 Å². The Morgan fingerprint density at radius 2 is 1.89 bits per heavy atom. The lowest BCUT2D eigenvalue weighted by Gasteiger charge is -2.12. The number of ketones is 1. The molecule has 6 nitrogen and oxygen atoms in total. The van der Waals surface area contributed by atoms with Gasteiger partial charge in [0.25, 0.3) is 0 Å². The van der Waals surface area contributed by atoms with Crippen LogP contribution in [0.15, 0.2) is 42.2 Å². The Bertz CT molecular complexity index is 929. The van der Waals surface area contributed by atoms with Crippen LogP contribution < -0.4 is 14.2 Å². The van der Waals surface area contributed by atoms with Crippen LogP contribution >= 0.6 is 0 Å². The molecule has 6 heteroatoms. The highest BCUT2D eigenvalue weighted by Crippen LogP contribution is 2.34. The normalized spacial score (nSPS) is 13.8. The van der Waals surface area contributed by atoms with Gasteiger partial charge in [-0.3, -0.25) is 4.79 Å². The summed E-state index contributed by atoms with van der Waals surface area (Å²) in [6.07, 6.45) is 2.54. The molecule has 1 aliphatic heterocycles. The third kappa shape index (κ3) is 4.01. The van der Waals surface area contributed by atoms with Crippen molar-refractivity contribution in [2.24, 2.45) is 0 Å².